The number of benzene rings is 1. The Balaban J connectivity index is 1.51. The molecule has 1 unspecified atom stereocenters. The van der Waals surface area contributed by atoms with Crippen molar-refractivity contribution < 1.29 is 0 Å². The highest BCUT2D eigenvalue weighted by Gasteiger charge is 2.27. The topological polar surface area (TPSA) is 44.9 Å². The fourth-order valence-corrected chi connectivity index (χ4v) is 3.37. The number of guanidine groups is 1. The Morgan fingerprint density at radius 2 is 1.91 bits per heavy atom. The van der Waals surface area contributed by atoms with Crippen LogP contribution in [0.1, 0.15) is 43.7 Å². The number of hydrogen-bond donors (Lipinski definition) is 1. The smallest absolute Gasteiger partial charge is 0.191 e. The highest BCUT2D eigenvalue weighted by Crippen LogP contribution is 2.25. The van der Waals surface area contributed by atoms with E-state index in [1.54, 1.807) is 0 Å². The van der Waals surface area contributed by atoms with Gasteiger partial charge >= 0.3 is 0 Å². The highest BCUT2D eigenvalue weighted by atomic mass is 15.3. The first-order valence-corrected chi connectivity index (χ1v) is 8.95. The van der Waals surface area contributed by atoms with Gasteiger partial charge in [0.05, 0.1) is 6.54 Å². The molecule has 1 saturated carbocycles. The van der Waals surface area contributed by atoms with Gasteiger partial charge in [-0.1, -0.05) is 31.2 Å². The molecule has 1 saturated heterocycles. The van der Waals surface area contributed by atoms with E-state index in [0.717, 1.165) is 12.5 Å². The molecule has 2 N–H and O–H groups in total. The van der Waals surface area contributed by atoms with Gasteiger partial charge in [0.15, 0.2) is 5.96 Å². The van der Waals surface area contributed by atoms with E-state index >= 15 is 0 Å². The zero-order valence-corrected chi connectivity index (χ0v) is 14.5. The van der Waals surface area contributed by atoms with Gasteiger partial charge in [-0.3, -0.25) is 4.90 Å². The van der Waals surface area contributed by atoms with Crippen LogP contribution in [-0.4, -0.2) is 41.9 Å². The molecule has 0 amide bonds. The van der Waals surface area contributed by atoms with E-state index in [1.807, 2.05) is 7.05 Å². The number of piperidine rings is 1. The average molecular weight is 314 g/mol. The SMILES string of the molecule is CC1CCCN(Cc2ccc(CN=C(N)N(C)C3CC3)cc2)C1. The Morgan fingerprint density at radius 1 is 1.22 bits per heavy atom. The van der Waals surface area contributed by atoms with Crippen molar-refractivity contribution in [2.45, 2.75) is 51.7 Å². The molecule has 0 aromatic heterocycles. The van der Waals surface area contributed by atoms with Crippen LogP contribution in [0.25, 0.3) is 0 Å². The summed E-state index contributed by atoms with van der Waals surface area (Å²) in [5, 5.41) is 0. The first-order chi connectivity index (χ1) is 11.1. The van der Waals surface area contributed by atoms with Gasteiger partial charge in [-0.05, 0) is 49.3 Å². The van der Waals surface area contributed by atoms with Crippen molar-refractivity contribution in [3.63, 3.8) is 0 Å². The highest BCUT2D eigenvalue weighted by molar-refractivity contribution is 5.78. The van der Waals surface area contributed by atoms with E-state index in [0.29, 0.717) is 18.5 Å². The van der Waals surface area contributed by atoms with E-state index in [2.05, 4.69) is 46.0 Å². The monoisotopic (exact) mass is 314 g/mol. The molecule has 2 fully saturated rings. The third-order valence-corrected chi connectivity index (χ3v) is 5.05. The minimum atomic E-state index is 0.619. The molecule has 0 bridgehead atoms. The maximum absolute atomic E-state index is 6.04. The van der Waals surface area contributed by atoms with E-state index in [-0.39, 0.29) is 0 Å². The predicted molar refractivity (Wildman–Crippen MR) is 96.2 cm³/mol. The summed E-state index contributed by atoms with van der Waals surface area (Å²) in [4.78, 5) is 9.20. The minimum Gasteiger partial charge on any atom is -0.370 e. The van der Waals surface area contributed by atoms with Crippen molar-refractivity contribution >= 4 is 5.96 Å². The second-order valence-corrected chi connectivity index (χ2v) is 7.32. The maximum atomic E-state index is 6.04. The molecule has 4 heteroatoms. The quantitative estimate of drug-likeness (QED) is 0.671. The van der Waals surface area contributed by atoms with Gasteiger partial charge in [-0.15, -0.1) is 0 Å². The Morgan fingerprint density at radius 3 is 2.57 bits per heavy atom. The largest absolute Gasteiger partial charge is 0.370 e. The van der Waals surface area contributed by atoms with Crippen molar-refractivity contribution in [2.24, 2.45) is 16.6 Å². The number of nitrogens with zero attached hydrogens (tertiary/aromatic N) is 3. The van der Waals surface area contributed by atoms with Crippen molar-refractivity contribution in [3.05, 3.63) is 35.4 Å². The van der Waals surface area contributed by atoms with E-state index in [1.165, 1.54) is 49.9 Å². The number of nitrogens with two attached hydrogens (primary N) is 1. The van der Waals surface area contributed by atoms with Crippen LogP contribution < -0.4 is 5.73 Å². The van der Waals surface area contributed by atoms with Crippen LogP contribution in [0.15, 0.2) is 29.3 Å². The first kappa shape index (κ1) is 16.3. The number of aliphatic imine (C=N–C) groups is 1. The third-order valence-electron chi connectivity index (χ3n) is 5.05. The maximum Gasteiger partial charge on any atom is 0.191 e. The van der Waals surface area contributed by atoms with E-state index in [4.69, 9.17) is 5.73 Å². The molecule has 1 aliphatic carbocycles. The van der Waals surface area contributed by atoms with Gasteiger partial charge in [0.25, 0.3) is 0 Å². The molecule has 23 heavy (non-hydrogen) atoms. The van der Waals surface area contributed by atoms with Crippen LogP contribution in [0.4, 0.5) is 0 Å². The van der Waals surface area contributed by atoms with Gasteiger partial charge in [-0.25, -0.2) is 4.99 Å². The van der Waals surface area contributed by atoms with Gasteiger partial charge in [-0.2, -0.15) is 0 Å². The molecule has 2 aliphatic rings. The first-order valence-electron chi connectivity index (χ1n) is 8.95. The lowest BCUT2D eigenvalue weighted by Crippen LogP contribution is -2.35. The zero-order valence-electron chi connectivity index (χ0n) is 14.5. The second kappa shape index (κ2) is 7.35. The molecule has 3 rings (SSSR count). The fourth-order valence-electron chi connectivity index (χ4n) is 3.37. The van der Waals surface area contributed by atoms with E-state index in [9.17, 15) is 0 Å². The normalized spacial score (nSPS) is 23.0. The van der Waals surface area contributed by atoms with E-state index < -0.39 is 0 Å². The molecule has 0 radical (unpaired) electrons. The Hall–Kier alpha value is -1.55. The summed E-state index contributed by atoms with van der Waals surface area (Å²) in [6.07, 6.45) is 5.21. The Labute approximate surface area is 140 Å². The molecular weight excluding hydrogens is 284 g/mol. The summed E-state index contributed by atoms with van der Waals surface area (Å²) in [6, 6.07) is 9.48. The standard InChI is InChI=1S/C19H30N4/c1-15-4-3-11-23(13-15)14-17-7-5-16(6-8-17)12-21-19(20)22(2)18-9-10-18/h5-8,15,18H,3-4,9-14H2,1-2H3,(H2,20,21). The molecule has 0 spiro atoms. The molecule has 126 valence electrons. The van der Waals surface area contributed by atoms with Crippen molar-refractivity contribution in [1.29, 1.82) is 0 Å². The van der Waals surface area contributed by atoms with Crippen LogP contribution in [0.5, 0.6) is 0 Å². The molecule has 1 aromatic rings. The molecule has 1 aliphatic heterocycles. The summed E-state index contributed by atoms with van der Waals surface area (Å²) in [5.74, 6) is 1.50. The fraction of sp³-hybridized carbons (Fsp3) is 0.632. The summed E-state index contributed by atoms with van der Waals surface area (Å²) in [7, 11) is 2.04. The summed E-state index contributed by atoms with van der Waals surface area (Å²) in [6.45, 7) is 6.57. The Bertz CT molecular complexity index is 533. The number of hydrogen-bond acceptors (Lipinski definition) is 2. The summed E-state index contributed by atoms with van der Waals surface area (Å²) < 4.78 is 0. The summed E-state index contributed by atoms with van der Waals surface area (Å²) >= 11 is 0. The van der Waals surface area contributed by atoms with Crippen molar-refractivity contribution in [2.75, 3.05) is 20.1 Å². The van der Waals surface area contributed by atoms with Gasteiger partial charge in [0.1, 0.15) is 0 Å². The van der Waals surface area contributed by atoms with Gasteiger partial charge < -0.3 is 10.6 Å². The minimum absolute atomic E-state index is 0.619. The predicted octanol–water partition coefficient (Wildman–Crippen LogP) is 2.83. The molecule has 1 atom stereocenters. The van der Waals surface area contributed by atoms with Crippen LogP contribution >= 0.6 is 0 Å². The molecular formula is C19H30N4. The molecule has 4 nitrogen and oxygen atoms in total. The summed E-state index contributed by atoms with van der Waals surface area (Å²) in [5.41, 5.74) is 8.67. The lowest BCUT2D eigenvalue weighted by Gasteiger charge is -2.30. The van der Waals surface area contributed by atoms with Crippen LogP contribution in [0.3, 0.4) is 0 Å². The second-order valence-electron chi connectivity index (χ2n) is 7.32. The lowest BCUT2D eigenvalue weighted by atomic mass is 9.99. The Kier molecular flexibility index (Phi) is 5.21. The lowest BCUT2D eigenvalue weighted by molar-refractivity contribution is 0.176. The average Bonchev–Trinajstić information content (AvgIpc) is 3.38. The number of likely N-dealkylation sites (tertiary alicyclic amines) is 1. The van der Waals surface area contributed by atoms with Crippen LogP contribution in [0.2, 0.25) is 0 Å². The third kappa shape index (κ3) is 4.71. The van der Waals surface area contributed by atoms with Gasteiger partial charge in [0, 0.05) is 26.2 Å². The molecule has 1 heterocycles. The van der Waals surface area contributed by atoms with Crippen LogP contribution in [0, 0.1) is 5.92 Å². The van der Waals surface area contributed by atoms with Crippen LogP contribution in [-0.2, 0) is 13.1 Å². The van der Waals surface area contributed by atoms with Gasteiger partial charge in [0.2, 0.25) is 0 Å². The zero-order chi connectivity index (χ0) is 16.2. The van der Waals surface area contributed by atoms with Crippen molar-refractivity contribution in [3.8, 4) is 0 Å². The number of rotatable bonds is 5. The molecule has 1 aromatic carbocycles. The van der Waals surface area contributed by atoms with Crippen molar-refractivity contribution in [1.82, 2.24) is 9.80 Å².